The fourth-order valence-electron chi connectivity index (χ4n) is 5.57. The predicted molar refractivity (Wildman–Crippen MR) is 141 cm³/mol. The van der Waals surface area contributed by atoms with Crippen LogP contribution in [0.1, 0.15) is 58.8 Å². The number of anilines is 1. The highest BCUT2D eigenvalue weighted by molar-refractivity contribution is 6.01. The van der Waals surface area contributed by atoms with Gasteiger partial charge < -0.3 is 15.4 Å². The number of rotatable bonds is 7. The minimum absolute atomic E-state index is 0.0217. The molecular weight excluding hydrogens is 517 g/mol. The molecule has 1 aromatic carbocycles. The van der Waals surface area contributed by atoms with Gasteiger partial charge in [0.15, 0.2) is 5.69 Å². The number of aryl methyl sites for hydroxylation is 3. The van der Waals surface area contributed by atoms with Crippen LogP contribution < -0.4 is 15.4 Å². The Labute approximate surface area is 228 Å². The standard InChI is InChI=1S/C28H28FN7O4/c1-4-19-24(36-40-35-19)26(37)32-25(23-18-7-5-16(29)11-21(18)39-13-28(23)9-10-28)27(38)31-17-6-8-20(30-12-17)22-14(2)33-34-15(22)3/h5-8,11-12,23,25H,4,9-10,13H2,1-3H3,(H,31,38)(H,32,37)(H,33,34)/t23?,25-/m0/s1. The number of hydrogen-bond donors (Lipinski definition) is 3. The van der Waals surface area contributed by atoms with E-state index in [1.807, 2.05) is 20.8 Å². The number of halogens is 1. The number of nitrogens with one attached hydrogen (secondary N) is 3. The van der Waals surface area contributed by atoms with Crippen LogP contribution >= 0.6 is 0 Å². The molecule has 12 heteroatoms. The average Bonchev–Trinajstić information content (AvgIpc) is 3.39. The van der Waals surface area contributed by atoms with E-state index in [4.69, 9.17) is 9.37 Å². The second kappa shape index (κ2) is 9.85. The molecule has 1 spiro atoms. The summed E-state index contributed by atoms with van der Waals surface area (Å²) in [6.07, 6.45) is 3.61. The van der Waals surface area contributed by atoms with Gasteiger partial charge in [0.25, 0.3) is 5.91 Å². The lowest BCUT2D eigenvalue weighted by Gasteiger charge is -2.38. The largest absolute Gasteiger partial charge is 0.493 e. The summed E-state index contributed by atoms with van der Waals surface area (Å²) in [5.41, 5.74) is 4.50. The molecule has 4 heterocycles. The van der Waals surface area contributed by atoms with Gasteiger partial charge in [0, 0.05) is 34.2 Å². The van der Waals surface area contributed by atoms with Gasteiger partial charge in [0.1, 0.15) is 23.3 Å². The average molecular weight is 546 g/mol. The van der Waals surface area contributed by atoms with Gasteiger partial charge in [0.2, 0.25) is 5.91 Å². The van der Waals surface area contributed by atoms with Crippen LogP contribution in [0.3, 0.4) is 0 Å². The molecule has 2 atom stereocenters. The number of amides is 2. The molecular formula is C28H28FN7O4. The molecule has 0 bridgehead atoms. The zero-order valence-electron chi connectivity index (χ0n) is 22.2. The summed E-state index contributed by atoms with van der Waals surface area (Å²) in [7, 11) is 0. The van der Waals surface area contributed by atoms with Crippen LogP contribution in [-0.2, 0) is 11.2 Å². The second-order valence-corrected chi connectivity index (χ2v) is 10.4. The fraction of sp³-hybridized carbons (Fsp3) is 0.357. The first-order valence-electron chi connectivity index (χ1n) is 13.1. The molecule has 1 saturated carbocycles. The number of carbonyl (C=O) groups is 2. The molecule has 0 radical (unpaired) electrons. The lowest BCUT2D eigenvalue weighted by atomic mass is 9.76. The summed E-state index contributed by atoms with van der Waals surface area (Å²) in [5, 5.41) is 20.5. The van der Waals surface area contributed by atoms with Gasteiger partial charge >= 0.3 is 0 Å². The Bertz CT molecular complexity index is 1570. The zero-order valence-corrected chi connectivity index (χ0v) is 22.2. The summed E-state index contributed by atoms with van der Waals surface area (Å²) >= 11 is 0. The van der Waals surface area contributed by atoms with Crippen molar-refractivity contribution in [2.45, 2.75) is 52.0 Å². The van der Waals surface area contributed by atoms with Crippen molar-refractivity contribution in [1.29, 1.82) is 0 Å². The summed E-state index contributed by atoms with van der Waals surface area (Å²) in [5.74, 6) is -1.56. The third kappa shape index (κ3) is 4.48. The molecule has 3 N–H and O–H groups in total. The summed E-state index contributed by atoms with van der Waals surface area (Å²) in [6, 6.07) is 6.81. The topological polar surface area (TPSA) is 148 Å². The predicted octanol–water partition coefficient (Wildman–Crippen LogP) is 3.87. The van der Waals surface area contributed by atoms with E-state index in [1.54, 1.807) is 24.4 Å². The zero-order chi connectivity index (χ0) is 28.0. The first-order valence-corrected chi connectivity index (χ1v) is 13.1. The van der Waals surface area contributed by atoms with Gasteiger partial charge in [-0.2, -0.15) is 5.10 Å². The molecule has 3 aromatic heterocycles. The molecule has 11 nitrogen and oxygen atoms in total. The van der Waals surface area contributed by atoms with E-state index in [-0.39, 0.29) is 11.1 Å². The van der Waals surface area contributed by atoms with E-state index in [0.717, 1.165) is 35.5 Å². The molecule has 0 saturated heterocycles. The van der Waals surface area contributed by atoms with Crippen LogP contribution in [0.2, 0.25) is 0 Å². The van der Waals surface area contributed by atoms with Crippen LogP contribution in [0.25, 0.3) is 11.3 Å². The molecule has 6 rings (SSSR count). The Hall–Kier alpha value is -4.61. The molecule has 2 aliphatic rings. The van der Waals surface area contributed by atoms with Gasteiger partial charge in [-0.1, -0.05) is 18.1 Å². The van der Waals surface area contributed by atoms with Crippen LogP contribution in [0.15, 0.2) is 41.2 Å². The number of H-pyrrole nitrogens is 1. The minimum Gasteiger partial charge on any atom is -0.493 e. The Morgan fingerprint density at radius 1 is 1.20 bits per heavy atom. The Morgan fingerprint density at radius 3 is 2.70 bits per heavy atom. The Kier molecular flexibility index (Phi) is 6.32. The number of nitrogens with zero attached hydrogens (tertiary/aromatic N) is 4. The highest BCUT2D eigenvalue weighted by Gasteiger charge is 2.58. The number of benzene rings is 1. The van der Waals surface area contributed by atoms with Crippen molar-refractivity contribution in [3.63, 3.8) is 0 Å². The molecule has 1 aliphatic heterocycles. The number of ether oxygens (including phenoxy) is 1. The maximum atomic E-state index is 14.1. The van der Waals surface area contributed by atoms with Gasteiger partial charge in [-0.05, 0) is 56.5 Å². The maximum absolute atomic E-state index is 14.1. The normalized spacial score (nSPS) is 17.6. The van der Waals surface area contributed by atoms with Crippen molar-refractivity contribution in [3.8, 4) is 17.0 Å². The molecule has 1 aliphatic carbocycles. The van der Waals surface area contributed by atoms with E-state index < -0.39 is 29.6 Å². The smallest absolute Gasteiger partial charge is 0.276 e. The number of carbonyl (C=O) groups excluding carboxylic acids is 2. The van der Waals surface area contributed by atoms with E-state index in [0.29, 0.717) is 35.7 Å². The highest BCUT2D eigenvalue weighted by atomic mass is 19.1. The van der Waals surface area contributed by atoms with E-state index in [9.17, 15) is 14.0 Å². The van der Waals surface area contributed by atoms with Gasteiger partial charge in [0.05, 0.1) is 29.9 Å². The number of aromatic amines is 1. The monoisotopic (exact) mass is 545 g/mol. The SMILES string of the molecule is CCc1nonc1C(=O)N[C@H](C(=O)Nc1ccc(-c2c(C)n[nH]c2C)nc1)C1c2ccc(F)cc2OCC12CC2. The van der Waals surface area contributed by atoms with Crippen molar-refractivity contribution in [3.05, 3.63) is 70.7 Å². The van der Waals surface area contributed by atoms with Crippen LogP contribution in [-0.4, -0.2) is 50.0 Å². The summed E-state index contributed by atoms with van der Waals surface area (Å²) in [4.78, 5) is 31.8. The highest BCUT2D eigenvalue weighted by Crippen LogP contribution is 2.61. The van der Waals surface area contributed by atoms with Crippen LogP contribution in [0, 0.1) is 25.1 Å². The van der Waals surface area contributed by atoms with Gasteiger partial charge in [-0.15, -0.1) is 0 Å². The first-order chi connectivity index (χ1) is 19.3. The molecule has 206 valence electrons. The molecule has 4 aromatic rings. The Morgan fingerprint density at radius 2 is 2.02 bits per heavy atom. The molecule has 1 unspecified atom stereocenters. The van der Waals surface area contributed by atoms with Crippen molar-refractivity contribution < 1.29 is 23.3 Å². The van der Waals surface area contributed by atoms with E-state index in [2.05, 4.69) is 36.1 Å². The van der Waals surface area contributed by atoms with Gasteiger partial charge in [-0.3, -0.25) is 19.7 Å². The van der Waals surface area contributed by atoms with E-state index >= 15 is 0 Å². The van der Waals surface area contributed by atoms with Crippen molar-refractivity contribution in [1.82, 2.24) is 30.8 Å². The minimum atomic E-state index is -1.03. The first kappa shape index (κ1) is 25.7. The summed E-state index contributed by atoms with van der Waals surface area (Å²) in [6.45, 7) is 5.95. The van der Waals surface area contributed by atoms with Crippen molar-refractivity contribution >= 4 is 17.5 Å². The van der Waals surface area contributed by atoms with Crippen LogP contribution in [0.4, 0.5) is 10.1 Å². The summed E-state index contributed by atoms with van der Waals surface area (Å²) < 4.78 is 24.8. The van der Waals surface area contributed by atoms with Crippen molar-refractivity contribution in [2.75, 3.05) is 11.9 Å². The number of aromatic nitrogens is 5. The third-order valence-electron chi connectivity index (χ3n) is 7.80. The molecule has 1 fully saturated rings. The maximum Gasteiger partial charge on any atom is 0.276 e. The quantitative estimate of drug-likeness (QED) is 0.317. The third-order valence-corrected chi connectivity index (χ3v) is 7.80. The lowest BCUT2D eigenvalue weighted by molar-refractivity contribution is -0.119. The second-order valence-electron chi connectivity index (χ2n) is 10.4. The Balaban J connectivity index is 1.34. The lowest BCUT2D eigenvalue weighted by Crippen LogP contribution is -2.52. The number of pyridine rings is 1. The van der Waals surface area contributed by atoms with Crippen LogP contribution in [0.5, 0.6) is 5.75 Å². The van der Waals surface area contributed by atoms with E-state index in [1.165, 1.54) is 12.1 Å². The number of fused-ring (bicyclic) bond motifs is 1. The molecule has 2 amide bonds. The van der Waals surface area contributed by atoms with Crippen molar-refractivity contribution in [2.24, 2.45) is 5.41 Å². The molecule has 40 heavy (non-hydrogen) atoms. The number of hydrogen-bond acceptors (Lipinski definition) is 8. The van der Waals surface area contributed by atoms with Gasteiger partial charge in [-0.25, -0.2) is 9.02 Å². The fourth-order valence-corrected chi connectivity index (χ4v) is 5.57.